The maximum absolute atomic E-state index is 11.1. The molecular weight excluding hydrogens is 260 g/mol. The van der Waals surface area contributed by atoms with Crippen LogP contribution in [0.3, 0.4) is 0 Å². The third-order valence-electron chi connectivity index (χ3n) is 2.65. The van der Waals surface area contributed by atoms with E-state index in [1.165, 1.54) is 0 Å². The van der Waals surface area contributed by atoms with Crippen molar-refractivity contribution >= 4 is 17.5 Å². The van der Waals surface area contributed by atoms with Crippen molar-refractivity contribution in [3.63, 3.8) is 0 Å². The molecule has 0 saturated carbocycles. The predicted octanol–water partition coefficient (Wildman–Crippen LogP) is 1.74. The minimum Gasteiger partial charge on any atom is -0.360 e. The van der Waals surface area contributed by atoms with E-state index in [9.17, 15) is 10.1 Å². The second-order valence-electron chi connectivity index (χ2n) is 4.05. The van der Waals surface area contributed by atoms with Gasteiger partial charge in [-0.3, -0.25) is 15.1 Å². The highest BCUT2D eigenvalue weighted by molar-refractivity contribution is 5.60. The lowest BCUT2D eigenvalue weighted by atomic mass is 10.3. The van der Waals surface area contributed by atoms with Crippen LogP contribution in [0.15, 0.2) is 24.5 Å². The minimum absolute atomic E-state index is 0.118. The molecule has 0 aromatic carbocycles. The van der Waals surface area contributed by atoms with Crippen LogP contribution >= 0.6 is 0 Å². The Morgan fingerprint density at radius 2 is 2.20 bits per heavy atom. The molecule has 20 heavy (non-hydrogen) atoms. The minimum atomic E-state index is -0.486. The first kappa shape index (κ1) is 13.7. The maximum Gasteiger partial charge on any atom is 0.332 e. The molecule has 0 radical (unpaired) electrons. The molecule has 2 aromatic rings. The van der Waals surface area contributed by atoms with Gasteiger partial charge in [-0.1, -0.05) is 6.07 Å². The van der Waals surface area contributed by atoms with Gasteiger partial charge in [-0.15, -0.1) is 0 Å². The Morgan fingerprint density at radius 1 is 1.40 bits per heavy atom. The highest BCUT2D eigenvalue weighted by atomic mass is 16.6. The molecule has 0 saturated heterocycles. The van der Waals surface area contributed by atoms with Crippen LogP contribution in [-0.2, 0) is 6.54 Å². The standard InChI is InChI=1S/C12H14N6O2/c1-8-10(18(19)20)11(17-12(13-2)16-8)15-7-9-4-3-5-14-6-9/h3-6H,7H2,1-2H3,(H2,13,15,16,17). The molecule has 8 heteroatoms. The van der Waals surface area contributed by atoms with Crippen molar-refractivity contribution in [2.75, 3.05) is 17.7 Å². The summed E-state index contributed by atoms with van der Waals surface area (Å²) in [5, 5.41) is 16.8. The van der Waals surface area contributed by atoms with Crippen molar-refractivity contribution in [2.45, 2.75) is 13.5 Å². The van der Waals surface area contributed by atoms with Crippen LogP contribution < -0.4 is 10.6 Å². The topological polar surface area (TPSA) is 106 Å². The fourth-order valence-electron chi connectivity index (χ4n) is 1.71. The number of anilines is 2. The first-order valence-corrected chi connectivity index (χ1v) is 5.95. The Morgan fingerprint density at radius 3 is 2.80 bits per heavy atom. The van der Waals surface area contributed by atoms with Gasteiger partial charge in [0, 0.05) is 26.0 Å². The molecule has 0 aliphatic carbocycles. The third-order valence-corrected chi connectivity index (χ3v) is 2.65. The lowest BCUT2D eigenvalue weighted by Gasteiger charge is -2.09. The molecule has 104 valence electrons. The summed E-state index contributed by atoms with van der Waals surface area (Å²) >= 11 is 0. The summed E-state index contributed by atoms with van der Waals surface area (Å²) in [6.07, 6.45) is 3.35. The van der Waals surface area contributed by atoms with Gasteiger partial charge in [-0.2, -0.15) is 4.98 Å². The van der Waals surface area contributed by atoms with E-state index in [2.05, 4.69) is 25.6 Å². The van der Waals surface area contributed by atoms with Crippen molar-refractivity contribution in [1.29, 1.82) is 0 Å². The van der Waals surface area contributed by atoms with E-state index in [4.69, 9.17) is 0 Å². The average Bonchev–Trinajstić information content (AvgIpc) is 2.45. The summed E-state index contributed by atoms with van der Waals surface area (Å²) in [4.78, 5) is 22.7. The number of aromatic nitrogens is 3. The van der Waals surface area contributed by atoms with Gasteiger partial charge in [0.15, 0.2) is 0 Å². The molecule has 0 unspecified atom stereocenters. The molecule has 0 amide bonds. The molecule has 2 heterocycles. The summed E-state index contributed by atoms with van der Waals surface area (Å²) in [5.41, 5.74) is 1.10. The van der Waals surface area contributed by atoms with Crippen LogP contribution in [-0.4, -0.2) is 26.9 Å². The number of rotatable bonds is 5. The zero-order valence-electron chi connectivity index (χ0n) is 11.1. The Bertz CT molecular complexity index is 617. The normalized spacial score (nSPS) is 10.1. The van der Waals surface area contributed by atoms with E-state index in [0.29, 0.717) is 18.2 Å². The summed E-state index contributed by atoms with van der Waals surface area (Å²) in [5.74, 6) is 0.525. The Hall–Kier alpha value is -2.77. The van der Waals surface area contributed by atoms with E-state index < -0.39 is 4.92 Å². The van der Waals surface area contributed by atoms with Crippen molar-refractivity contribution in [3.05, 3.63) is 45.9 Å². The highest BCUT2D eigenvalue weighted by Gasteiger charge is 2.21. The van der Waals surface area contributed by atoms with Crippen LogP contribution in [0.4, 0.5) is 17.5 Å². The first-order chi connectivity index (χ1) is 9.61. The molecule has 2 N–H and O–H groups in total. The molecule has 0 aliphatic rings. The fourth-order valence-corrected chi connectivity index (χ4v) is 1.71. The Balaban J connectivity index is 2.29. The highest BCUT2D eigenvalue weighted by Crippen LogP contribution is 2.26. The van der Waals surface area contributed by atoms with Gasteiger partial charge in [-0.05, 0) is 18.6 Å². The third kappa shape index (κ3) is 2.97. The number of pyridine rings is 1. The molecule has 2 aromatic heterocycles. The smallest absolute Gasteiger partial charge is 0.332 e. The zero-order valence-corrected chi connectivity index (χ0v) is 11.1. The quantitative estimate of drug-likeness (QED) is 0.631. The van der Waals surface area contributed by atoms with E-state index >= 15 is 0 Å². The van der Waals surface area contributed by atoms with Gasteiger partial charge in [0.2, 0.25) is 11.8 Å². The second kappa shape index (κ2) is 5.91. The largest absolute Gasteiger partial charge is 0.360 e. The van der Waals surface area contributed by atoms with Gasteiger partial charge in [0.05, 0.1) is 4.92 Å². The van der Waals surface area contributed by atoms with Crippen LogP contribution in [0.25, 0.3) is 0 Å². The van der Waals surface area contributed by atoms with Gasteiger partial charge >= 0.3 is 5.69 Å². The van der Waals surface area contributed by atoms with Gasteiger partial charge in [0.25, 0.3) is 0 Å². The van der Waals surface area contributed by atoms with Gasteiger partial charge in [-0.25, -0.2) is 4.98 Å². The fraction of sp³-hybridized carbons (Fsp3) is 0.250. The summed E-state index contributed by atoms with van der Waals surface area (Å²) in [6, 6.07) is 3.68. The van der Waals surface area contributed by atoms with Crippen molar-refractivity contribution in [1.82, 2.24) is 15.0 Å². The van der Waals surface area contributed by atoms with Crippen molar-refractivity contribution < 1.29 is 4.92 Å². The maximum atomic E-state index is 11.1. The SMILES string of the molecule is CNc1nc(C)c([N+](=O)[O-])c(NCc2cccnc2)n1. The molecule has 0 bridgehead atoms. The molecule has 0 atom stereocenters. The van der Waals surface area contributed by atoms with Crippen molar-refractivity contribution in [3.8, 4) is 0 Å². The van der Waals surface area contributed by atoms with E-state index in [1.807, 2.05) is 6.07 Å². The number of nitro groups is 1. The summed E-state index contributed by atoms with van der Waals surface area (Å²) < 4.78 is 0. The Labute approximate surface area is 115 Å². The lowest BCUT2D eigenvalue weighted by Crippen LogP contribution is -2.09. The average molecular weight is 274 g/mol. The van der Waals surface area contributed by atoms with Crippen LogP contribution in [0.2, 0.25) is 0 Å². The molecule has 0 aliphatic heterocycles. The monoisotopic (exact) mass is 274 g/mol. The lowest BCUT2D eigenvalue weighted by molar-refractivity contribution is -0.385. The number of aryl methyl sites for hydroxylation is 1. The number of hydrogen-bond donors (Lipinski definition) is 2. The predicted molar refractivity (Wildman–Crippen MR) is 74.5 cm³/mol. The van der Waals surface area contributed by atoms with Crippen LogP contribution in [0, 0.1) is 17.0 Å². The van der Waals surface area contributed by atoms with Crippen molar-refractivity contribution in [2.24, 2.45) is 0 Å². The van der Waals surface area contributed by atoms with E-state index in [0.717, 1.165) is 5.56 Å². The van der Waals surface area contributed by atoms with Crippen LogP contribution in [0.5, 0.6) is 0 Å². The molecule has 2 rings (SSSR count). The summed E-state index contributed by atoms with van der Waals surface area (Å²) in [7, 11) is 1.66. The number of nitrogens with zero attached hydrogens (tertiary/aromatic N) is 4. The van der Waals surface area contributed by atoms with Gasteiger partial charge in [0.1, 0.15) is 5.69 Å². The molecular formula is C12H14N6O2. The zero-order chi connectivity index (χ0) is 14.5. The number of hydrogen-bond acceptors (Lipinski definition) is 7. The summed E-state index contributed by atoms with van der Waals surface area (Å²) in [6.45, 7) is 1.98. The Kier molecular flexibility index (Phi) is 4.04. The van der Waals surface area contributed by atoms with Gasteiger partial charge < -0.3 is 10.6 Å². The molecule has 0 fully saturated rings. The number of nitrogens with one attached hydrogen (secondary N) is 2. The van der Waals surface area contributed by atoms with E-state index in [-0.39, 0.29) is 11.5 Å². The molecule has 0 spiro atoms. The first-order valence-electron chi connectivity index (χ1n) is 5.95. The second-order valence-corrected chi connectivity index (χ2v) is 4.05. The van der Waals surface area contributed by atoms with Crippen LogP contribution in [0.1, 0.15) is 11.3 Å². The van der Waals surface area contributed by atoms with E-state index in [1.54, 1.807) is 32.4 Å². The molecule has 8 nitrogen and oxygen atoms in total.